The molecule has 0 saturated carbocycles. The average molecular weight is 277 g/mol. The number of anilines is 2. The minimum Gasteiger partial charge on any atom is -0.347 e. The van der Waals surface area contributed by atoms with E-state index in [1.807, 2.05) is 14.1 Å². The second kappa shape index (κ2) is 5.67. The van der Waals surface area contributed by atoms with Gasteiger partial charge in [-0.2, -0.15) is 0 Å². The zero-order valence-electron chi connectivity index (χ0n) is 10.6. The molecule has 1 amide bonds. The molecule has 0 aliphatic carbocycles. The fraction of sp³-hybridized carbons (Fsp3) is 0.154. The van der Waals surface area contributed by atoms with Crippen molar-refractivity contribution in [2.45, 2.75) is 0 Å². The van der Waals surface area contributed by atoms with Crippen molar-refractivity contribution < 1.29 is 4.79 Å². The van der Waals surface area contributed by atoms with E-state index in [2.05, 4.69) is 15.3 Å². The number of halogens is 1. The quantitative estimate of drug-likeness (QED) is 0.935. The summed E-state index contributed by atoms with van der Waals surface area (Å²) in [6, 6.07) is 6.89. The lowest BCUT2D eigenvalue weighted by Crippen LogP contribution is -2.16. The minimum atomic E-state index is -0.257. The molecule has 1 heterocycles. The third kappa shape index (κ3) is 3.42. The molecule has 0 atom stereocenters. The van der Waals surface area contributed by atoms with Gasteiger partial charge in [0.2, 0.25) is 5.95 Å². The minimum absolute atomic E-state index is 0.257. The van der Waals surface area contributed by atoms with E-state index in [4.69, 9.17) is 11.6 Å². The fourth-order valence-corrected chi connectivity index (χ4v) is 1.53. The maximum Gasteiger partial charge on any atom is 0.258 e. The van der Waals surface area contributed by atoms with E-state index in [0.29, 0.717) is 22.2 Å². The molecule has 6 heteroatoms. The predicted molar refractivity (Wildman–Crippen MR) is 75.8 cm³/mol. The van der Waals surface area contributed by atoms with Crippen LogP contribution >= 0.6 is 11.6 Å². The number of rotatable bonds is 3. The molecule has 0 saturated heterocycles. The molecular weight excluding hydrogens is 264 g/mol. The fourth-order valence-electron chi connectivity index (χ4n) is 1.41. The Morgan fingerprint density at radius 2 is 1.74 bits per heavy atom. The Kier molecular flexibility index (Phi) is 3.97. The van der Waals surface area contributed by atoms with Gasteiger partial charge in [0.1, 0.15) is 0 Å². The summed E-state index contributed by atoms with van der Waals surface area (Å²) in [7, 11) is 3.67. The summed E-state index contributed by atoms with van der Waals surface area (Å²) >= 11 is 5.77. The highest BCUT2D eigenvalue weighted by Gasteiger charge is 2.08. The van der Waals surface area contributed by atoms with Crippen LogP contribution in [0.25, 0.3) is 0 Å². The van der Waals surface area contributed by atoms with Crippen LogP contribution in [0.4, 0.5) is 11.6 Å². The maximum absolute atomic E-state index is 11.9. The molecule has 1 aromatic carbocycles. The number of amides is 1. The lowest BCUT2D eigenvalue weighted by Gasteiger charge is -2.10. The SMILES string of the molecule is CN(C)c1ncc(C(=O)Nc2ccc(Cl)cc2)cn1. The predicted octanol–water partition coefficient (Wildman–Crippen LogP) is 2.45. The molecule has 0 spiro atoms. The number of hydrogen-bond acceptors (Lipinski definition) is 4. The highest BCUT2D eigenvalue weighted by atomic mass is 35.5. The van der Waals surface area contributed by atoms with Gasteiger partial charge < -0.3 is 10.2 Å². The number of hydrogen-bond donors (Lipinski definition) is 1. The number of aromatic nitrogens is 2. The summed E-state index contributed by atoms with van der Waals surface area (Å²) in [6.07, 6.45) is 2.99. The van der Waals surface area contributed by atoms with E-state index < -0.39 is 0 Å². The molecule has 98 valence electrons. The first-order valence-corrected chi connectivity index (χ1v) is 6.00. The van der Waals surface area contributed by atoms with Gasteiger partial charge in [0.15, 0.2) is 0 Å². The molecular formula is C13H13ClN4O. The third-order valence-electron chi connectivity index (χ3n) is 2.40. The summed E-state index contributed by atoms with van der Waals surface area (Å²) in [5.74, 6) is 0.302. The van der Waals surface area contributed by atoms with E-state index in [1.165, 1.54) is 12.4 Å². The van der Waals surface area contributed by atoms with E-state index in [9.17, 15) is 4.79 Å². The van der Waals surface area contributed by atoms with Gasteiger partial charge in [-0.05, 0) is 24.3 Å². The van der Waals surface area contributed by atoms with Crippen LogP contribution < -0.4 is 10.2 Å². The molecule has 2 rings (SSSR count). The van der Waals surface area contributed by atoms with Crippen LogP contribution in [0.5, 0.6) is 0 Å². The van der Waals surface area contributed by atoms with Gasteiger partial charge in [-0.1, -0.05) is 11.6 Å². The van der Waals surface area contributed by atoms with Crippen molar-refractivity contribution in [3.8, 4) is 0 Å². The van der Waals surface area contributed by atoms with Crippen LogP contribution in [-0.4, -0.2) is 30.0 Å². The van der Waals surface area contributed by atoms with E-state index in [-0.39, 0.29) is 5.91 Å². The summed E-state index contributed by atoms with van der Waals surface area (Å²) in [5, 5.41) is 3.36. The summed E-state index contributed by atoms with van der Waals surface area (Å²) in [6.45, 7) is 0. The summed E-state index contributed by atoms with van der Waals surface area (Å²) < 4.78 is 0. The Bertz CT molecular complexity index is 566. The number of nitrogens with zero attached hydrogens (tertiary/aromatic N) is 3. The van der Waals surface area contributed by atoms with E-state index in [0.717, 1.165) is 0 Å². The van der Waals surface area contributed by atoms with Crippen LogP contribution in [0.2, 0.25) is 5.02 Å². The van der Waals surface area contributed by atoms with Crippen molar-refractivity contribution in [3.63, 3.8) is 0 Å². The van der Waals surface area contributed by atoms with Crippen molar-refractivity contribution in [2.24, 2.45) is 0 Å². The van der Waals surface area contributed by atoms with Crippen molar-refractivity contribution >= 4 is 29.1 Å². The smallest absolute Gasteiger partial charge is 0.258 e. The molecule has 1 aromatic heterocycles. The monoisotopic (exact) mass is 276 g/mol. The molecule has 5 nitrogen and oxygen atoms in total. The van der Waals surface area contributed by atoms with Gasteiger partial charge in [0.25, 0.3) is 5.91 Å². The molecule has 1 N–H and O–H groups in total. The Labute approximate surface area is 116 Å². The largest absolute Gasteiger partial charge is 0.347 e. The average Bonchev–Trinajstić information content (AvgIpc) is 2.41. The van der Waals surface area contributed by atoms with Crippen molar-refractivity contribution in [1.29, 1.82) is 0 Å². The van der Waals surface area contributed by atoms with Crippen molar-refractivity contribution in [1.82, 2.24) is 9.97 Å². The third-order valence-corrected chi connectivity index (χ3v) is 2.65. The van der Waals surface area contributed by atoms with Crippen LogP contribution in [0, 0.1) is 0 Å². The molecule has 19 heavy (non-hydrogen) atoms. The topological polar surface area (TPSA) is 58.1 Å². The van der Waals surface area contributed by atoms with Crippen LogP contribution in [0.3, 0.4) is 0 Å². The normalized spacial score (nSPS) is 10.1. The summed E-state index contributed by atoms with van der Waals surface area (Å²) in [4.78, 5) is 21.9. The molecule has 0 aliphatic rings. The number of nitrogens with one attached hydrogen (secondary N) is 1. The first kappa shape index (κ1) is 13.3. The van der Waals surface area contributed by atoms with Crippen molar-refractivity contribution in [3.05, 3.63) is 47.2 Å². The van der Waals surface area contributed by atoms with Gasteiger partial charge in [-0.3, -0.25) is 4.79 Å². The lowest BCUT2D eigenvalue weighted by molar-refractivity contribution is 0.102. The van der Waals surface area contributed by atoms with Crippen LogP contribution in [-0.2, 0) is 0 Å². The molecule has 0 radical (unpaired) electrons. The van der Waals surface area contributed by atoms with Gasteiger partial charge in [0.05, 0.1) is 5.56 Å². The lowest BCUT2D eigenvalue weighted by atomic mass is 10.3. The number of carbonyl (C=O) groups excluding carboxylic acids is 1. The Morgan fingerprint density at radius 3 is 2.26 bits per heavy atom. The second-order valence-corrected chi connectivity index (χ2v) is 4.56. The van der Waals surface area contributed by atoms with Gasteiger partial charge in [0, 0.05) is 37.2 Å². The standard InChI is InChI=1S/C13H13ClN4O/c1-18(2)13-15-7-9(8-16-13)12(19)17-11-5-3-10(14)4-6-11/h3-8H,1-2H3,(H,17,19). The maximum atomic E-state index is 11.9. The molecule has 0 bridgehead atoms. The molecule has 0 unspecified atom stereocenters. The first-order chi connectivity index (χ1) is 9.06. The highest BCUT2D eigenvalue weighted by molar-refractivity contribution is 6.30. The molecule has 0 fully saturated rings. The van der Waals surface area contributed by atoms with E-state index >= 15 is 0 Å². The van der Waals surface area contributed by atoms with Crippen molar-refractivity contribution in [2.75, 3.05) is 24.3 Å². The second-order valence-electron chi connectivity index (χ2n) is 4.13. The van der Waals surface area contributed by atoms with Crippen LogP contribution in [0.1, 0.15) is 10.4 Å². The highest BCUT2D eigenvalue weighted by Crippen LogP contribution is 2.14. The first-order valence-electron chi connectivity index (χ1n) is 5.62. The van der Waals surface area contributed by atoms with Gasteiger partial charge in [-0.25, -0.2) is 9.97 Å². The molecule has 2 aromatic rings. The zero-order valence-corrected chi connectivity index (χ0v) is 11.3. The number of carbonyl (C=O) groups is 1. The zero-order chi connectivity index (χ0) is 13.8. The van der Waals surface area contributed by atoms with E-state index in [1.54, 1.807) is 29.2 Å². The Balaban J connectivity index is 2.09. The van der Waals surface area contributed by atoms with Gasteiger partial charge in [-0.15, -0.1) is 0 Å². The Morgan fingerprint density at radius 1 is 1.16 bits per heavy atom. The number of benzene rings is 1. The van der Waals surface area contributed by atoms with Gasteiger partial charge >= 0.3 is 0 Å². The summed E-state index contributed by atoms with van der Waals surface area (Å²) in [5.41, 5.74) is 1.08. The Hall–Kier alpha value is -2.14. The van der Waals surface area contributed by atoms with Crippen LogP contribution in [0.15, 0.2) is 36.7 Å². The molecule has 0 aliphatic heterocycles.